The number of nitrogens with one attached hydrogen (secondary N) is 2. The predicted molar refractivity (Wildman–Crippen MR) is 63.6 cm³/mol. The van der Waals surface area contributed by atoms with Crippen LogP contribution in [-0.4, -0.2) is 22.6 Å². The van der Waals surface area contributed by atoms with Crippen LogP contribution in [-0.2, 0) is 0 Å². The van der Waals surface area contributed by atoms with Crippen LogP contribution in [0.1, 0.15) is 37.9 Å². The van der Waals surface area contributed by atoms with Crippen LogP contribution in [0.25, 0.3) is 0 Å². The summed E-state index contributed by atoms with van der Waals surface area (Å²) in [5.74, 6) is 1.89. The van der Waals surface area contributed by atoms with Crippen molar-refractivity contribution in [2.45, 2.75) is 38.1 Å². The van der Waals surface area contributed by atoms with Crippen LogP contribution in [0.4, 0.5) is 5.82 Å². The topological polar surface area (TPSA) is 83.8 Å². The van der Waals surface area contributed by atoms with Gasteiger partial charge in [0.15, 0.2) is 0 Å². The summed E-state index contributed by atoms with van der Waals surface area (Å²) < 4.78 is 0. The number of nitrogens with two attached hydrogens (primary N) is 1. The number of hydrogen-bond donors (Lipinski definition) is 3. The molecule has 5 nitrogen and oxygen atoms in total. The lowest BCUT2D eigenvalue weighted by Gasteiger charge is -2.11. The molecule has 0 aromatic carbocycles. The molecule has 1 fully saturated rings. The van der Waals surface area contributed by atoms with Crippen molar-refractivity contribution in [2.24, 2.45) is 5.73 Å². The van der Waals surface area contributed by atoms with Crippen molar-refractivity contribution in [1.29, 1.82) is 0 Å². The highest BCUT2D eigenvalue weighted by molar-refractivity contribution is 5.34. The van der Waals surface area contributed by atoms with Gasteiger partial charge in [0.05, 0.1) is 0 Å². The van der Waals surface area contributed by atoms with Gasteiger partial charge < -0.3 is 16.0 Å². The summed E-state index contributed by atoms with van der Waals surface area (Å²) in [5.41, 5.74) is 5.70. The molecule has 2 rings (SSSR count). The zero-order valence-corrected chi connectivity index (χ0v) is 9.49. The second-order valence-electron chi connectivity index (χ2n) is 4.34. The summed E-state index contributed by atoms with van der Waals surface area (Å²) in [6.45, 7) is 2.68. The van der Waals surface area contributed by atoms with Crippen molar-refractivity contribution in [1.82, 2.24) is 9.97 Å². The summed E-state index contributed by atoms with van der Waals surface area (Å²) in [5, 5.41) is 3.10. The van der Waals surface area contributed by atoms with Crippen molar-refractivity contribution < 1.29 is 0 Å². The van der Waals surface area contributed by atoms with E-state index in [0.29, 0.717) is 18.3 Å². The van der Waals surface area contributed by atoms with E-state index < -0.39 is 0 Å². The molecular weight excluding hydrogens is 204 g/mol. The standard InChI is InChI=1S/C11H18N4O/c1-2-8(12)6-13-9-5-10(16)15-11(14-9)7-3-4-7/h5,7-8H,2-4,6,12H2,1H3,(H2,13,14,15,16). The SMILES string of the molecule is CCC(N)CNc1cc(=O)[nH]c(C2CC2)n1. The van der Waals surface area contributed by atoms with E-state index in [-0.39, 0.29) is 11.6 Å². The summed E-state index contributed by atoms with van der Waals surface area (Å²) in [4.78, 5) is 18.5. The van der Waals surface area contributed by atoms with Crippen molar-refractivity contribution in [3.05, 3.63) is 22.2 Å². The molecule has 1 unspecified atom stereocenters. The highest BCUT2D eigenvalue weighted by Gasteiger charge is 2.26. The van der Waals surface area contributed by atoms with Crippen molar-refractivity contribution >= 4 is 5.82 Å². The number of rotatable bonds is 5. The zero-order chi connectivity index (χ0) is 11.5. The quantitative estimate of drug-likeness (QED) is 0.688. The lowest BCUT2D eigenvalue weighted by molar-refractivity contribution is 0.677. The molecule has 0 spiro atoms. The number of anilines is 1. The molecule has 16 heavy (non-hydrogen) atoms. The van der Waals surface area contributed by atoms with E-state index in [4.69, 9.17) is 5.73 Å². The van der Waals surface area contributed by atoms with Crippen LogP contribution < -0.4 is 16.6 Å². The molecule has 1 saturated carbocycles. The molecule has 0 saturated heterocycles. The first-order valence-electron chi connectivity index (χ1n) is 5.79. The third-order valence-electron chi connectivity index (χ3n) is 2.79. The van der Waals surface area contributed by atoms with Gasteiger partial charge in [0.25, 0.3) is 5.56 Å². The maximum Gasteiger partial charge on any atom is 0.252 e. The molecule has 1 atom stereocenters. The molecule has 0 amide bonds. The van der Waals surface area contributed by atoms with Crippen LogP contribution in [0.15, 0.2) is 10.9 Å². The average molecular weight is 222 g/mol. The Morgan fingerprint density at radius 1 is 1.69 bits per heavy atom. The van der Waals surface area contributed by atoms with Crippen molar-refractivity contribution in [3.63, 3.8) is 0 Å². The fourth-order valence-electron chi connectivity index (χ4n) is 1.50. The minimum atomic E-state index is -0.0931. The number of aromatic amines is 1. The summed E-state index contributed by atoms with van der Waals surface area (Å²) in [7, 11) is 0. The number of nitrogens with zero attached hydrogens (tertiary/aromatic N) is 1. The first-order valence-corrected chi connectivity index (χ1v) is 5.79. The fourth-order valence-corrected chi connectivity index (χ4v) is 1.50. The van der Waals surface area contributed by atoms with Crippen LogP contribution in [0.3, 0.4) is 0 Å². The summed E-state index contributed by atoms with van der Waals surface area (Å²) >= 11 is 0. The van der Waals surface area contributed by atoms with Gasteiger partial charge >= 0.3 is 0 Å². The first kappa shape index (κ1) is 11.1. The van der Waals surface area contributed by atoms with Gasteiger partial charge in [-0.25, -0.2) is 4.98 Å². The Balaban J connectivity index is 2.05. The predicted octanol–water partition coefficient (Wildman–Crippen LogP) is 0.796. The smallest absolute Gasteiger partial charge is 0.252 e. The zero-order valence-electron chi connectivity index (χ0n) is 9.49. The normalized spacial score (nSPS) is 17.1. The van der Waals surface area contributed by atoms with E-state index in [1.54, 1.807) is 0 Å². The molecule has 1 aromatic rings. The third kappa shape index (κ3) is 2.82. The molecule has 5 heteroatoms. The molecule has 1 aliphatic carbocycles. The summed E-state index contributed by atoms with van der Waals surface area (Å²) in [6.07, 6.45) is 3.16. The molecule has 1 aromatic heterocycles. The molecule has 88 valence electrons. The fraction of sp³-hybridized carbons (Fsp3) is 0.636. The van der Waals surface area contributed by atoms with Crippen molar-refractivity contribution in [2.75, 3.05) is 11.9 Å². The van der Waals surface area contributed by atoms with E-state index in [2.05, 4.69) is 15.3 Å². The van der Waals surface area contributed by atoms with Crippen LogP contribution in [0.2, 0.25) is 0 Å². The van der Waals surface area contributed by atoms with Gasteiger partial charge in [0.1, 0.15) is 11.6 Å². The average Bonchev–Trinajstić information content (AvgIpc) is 3.09. The second-order valence-corrected chi connectivity index (χ2v) is 4.34. The Bertz CT molecular complexity index is 411. The van der Waals surface area contributed by atoms with Crippen molar-refractivity contribution in [3.8, 4) is 0 Å². The monoisotopic (exact) mass is 222 g/mol. The third-order valence-corrected chi connectivity index (χ3v) is 2.79. The molecular formula is C11H18N4O. The molecule has 1 aliphatic rings. The van der Waals surface area contributed by atoms with Gasteiger partial charge in [-0.05, 0) is 19.3 Å². The maximum atomic E-state index is 11.4. The number of hydrogen-bond acceptors (Lipinski definition) is 4. The Hall–Kier alpha value is -1.36. The van der Waals surface area contributed by atoms with Gasteiger partial charge in [-0.15, -0.1) is 0 Å². The van der Waals surface area contributed by atoms with E-state index in [1.165, 1.54) is 6.07 Å². The number of aromatic nitrogens is 2. The van der Waals surface area contributed by atoms with Gasteiger partial charge in [0, 0.05) is 24.6 Å². The van der Waals surface area contributed by atoms with Crippen LogP contribution in [0.5, 0.6) is 0 Å². The highest BCUT2D eigenvalue weighted by atomic mass is 16.1. The number of H-pyrrole nitrogens is 1. The lowest BCUT2D eigenvalue weighted by atomic mass is 10.2. The maximum absolute atomic E-state index is 11.4. The molecule has 0 radical (unpaired) electrons. The Morgan fingerprint density at radius 3 is 3.06 bits per heavy atom. The van der Waals surface area contributed by atoms with Crippen LogP contribution in [0, 0.1) is 0 Å². The summed E-state index contributed by atoms with van der Waals surface area (Å²) in [6, 6.07) is 1.58. The Morgan fingerprint density at radius 2 is 2.44 bits per heavy atom. The Kier molecular flexibility index (Phi) is 3.24. The molecule has 1 heterocycles. The van der Waals surface area contributed by atoms with Gasteiger partial charge in [-0.2, -0.15) is 0 Å². The van der Waals surface area contributed by atoms with E-state index >= 15 is 0 Å². The van der Waals surface area contributed by atoms with E-state index in [0.717, 1.165) is 25.1 Å². The van der Waals surface area contributed by atoms with Gasteiger partial charge in [-0.3, -0.25) is 4.79 Å². The molecule has 4 N–H and O–H groups in total. The van der Waals surface area contributed by atoms with E-state index in [9.17, 15) is 4.79 Å². The minimum Gasteiger partial charge on any atom is -0.368 e. The Labute approximate surface area is 94.5 Å². The first-order chi connectivity index (χ1) is 7.69. The lowest BCUT2D eigenvalue weighted by Crippen LogP contribution is -2.29. The van der Waals surface area contributed by atoms with Crippen LogP contribution >= 0.6 is 0 Å². The minimum absolute atomic E-state index is 0.0931. The van der Waals surface area contributed by atoms with Gasteiger partial charge in [-0.1, -0.05) is 6.92 Å². The largest absolute Gasteiger partial charge is 0.368 e. The highest BCUT2D eigenvalue weighted by Crippen LogP contribution is 2.37. The second kappa shape index (κ2) is 4.65. The van der Waals surface area contributed by atoms with E-state index in [1.807, 2.05) is 6.92 Å². The molecule has 0 aliphatic heterocycles. The molecule has 0 bridgehead atoms. The van der Waals surface area contributed by atoms with Gasteiger partial charge in [0.2, 0.25) is 0 Å².